The quantitative estimate of drug-likeness (QED) is 0.188. The van der Waals surface area contributed by atoms with Crippen molar-refractivity contribution in [1.29, 1.82) is 0 Å². The first-order valence-corrected chi connectivity index (χ1v) is 16.9. The number of benzene rings is 6. The van der Waals surface area contributed by atoms with Gasteiger partial charge in [-0.25, -0.2) is 9.97 Å². The Bertz CT molecular complexity index is 2770. The van der Waals surface area contributed by atoms with Crippen LogP contribution in [-0.4, -0.2) is 19.1 Å². The molecule has 0 saturated heterocycles. The van der Waals surface area contributed by atoms with Crippen LogP contribution in [-0.2, 0) is 0 Å². The lowest BCUT2D eigenvalue weighted by atomic mass is 10.0. The Morgan fingerprint density at radius 2 is 0.860 bits per heavy atom. The molecule has 234 valence electrons. The van der Waals surface area contributed by atoms with Gasteiger partial charge in [0.15, 0.2) is 0 Å². The lowest BCUT2D eigenvalue weighted by Crippen LogP contribution is -2.00. The molecule has 4 aromatic heterocycles. The number of nitrogens with zero attached hydrogens (tertiary/aromatic N) is 4. The van der Waals surface area contributed by atoms with Gasteiger partial charge in [0, 0.05) is 50.1 Å². The topological polar surface area (TPSA) is 35.6 Å². The molecule has 0 bridgehead atoms. The zero-order chi connectivity index (χ0) is 33.0. The summed E-state index contributed by atoms with van der Waals surface area (Å²) in [5.74, 6) is 0.873. The fourth-order valence-corrected chi connectivity index (χ4v) is 7.48. The molecule has 0 fully saturated rings. The number of hydrogen-bond acceptors (Lipinski definition) is 2. The summed E-state index contributed by atoms with van der Waals surface area (Å²) in [6.45, 7) is 0. The van der Waals surface area contributed by atoms with Gasteiger partial charge in [-0.1, -0.05) is 127 Å². The van der Waals surface area contributed by atoms with Gasteiger partial charge in [-0.15, -0.1) is 0 Å². The van der Waals surface area contributed by atoms with Crippen molar-refractivity contribution in [3.63, 3.8) is 0 Å². The molecule has 0 aliphatic carbocycles. The minimum Gasteiger partial charge on any atom is -0.307 e. The third kappa shape index (κ3) is 4.46. The first-order valence-electron chi connectivity index (χ1n) is 16.9. The van der Waals surface area contributed by atoms with E-state index in [-0.39, 0.29) is 0 Å². The fraction of sp³-hybridized carbons (Fsp3) is 0. The first kappa shape index (κ1) is 28.3. The highest BCUT2D eigenvalue weighted by molar-refractivity contribution is 6.23. The molecule has 0 spiro atoms. The SMILES string of the molecule is c1ccc(-c2cc(-c3ccc(-n4c5ccccc5c5ccc6c7ccccc7n(-c7ccccc7)c6c54)nc3)cc(-c3ccccc3)n2)cc1. The van der Waals surface area contributed by atoms with E-state index in [9.17, 15) is 0 Å². The second kappa shape index (κ2) is 11.4. The maximum atomic E-state index is 5.20. The Hall–Kier alpha value is -6.78. The summed E-state index contributed by atoms with van der Waals surface area (Å²) in [6.07, 6.45) is 2.00. The van der Waals surface area contributed by atoms with E-state index in [0.29, 0.717) is 0 Å². The molecule has 50 heavy (non-hydrogen) atoms. The van der Waals surface area contributed by atoms with Crippen LogP contribution in [0.4, 0.5) is 0 Å². The Balaban J connectivity index is 1.21. The second-order valence-corrected chi connectivity index (χ2v) is 12.7. The zero-order valence-corrected chi connectivity index (χ0v) is 27.1. The van der Waals surface area contributed by atoms with Crippen molar-refractivity contribution >= 4 is 43.6 Å². The van der Waals surface area contributed by atoms with Crippen molar-refractivity contribution in [2.45, 2.75) is 0 Å². The molecule has 6 aromatic carbocycles. The van der Waals surface area contributed by atoms with E-state index < -0.39 is 0 Å². The highest BCUT2D eigenvalue weighted by Gasteiger charge is 2.21. The lowest BCUT2D eigenvalue weighted by Gasteiger charge is -2.13. The zero-order valence-electron chi connectivity index (χ0n) is 27.1. The molecule has 0 radical (unpaired) electrons. The third-order valence-electron chi connectivity index (χ3n) is 9.76. The summed E-state index contributed by atoms with van der Waals surface area (Å²) in [4.78, 5) is 10.3. The maximum absolute atomic E-state index is 5.20. The van der Waals surface area contributed by atoms with Gasteiger partial charge in [-0.3, -0.25) is 4.57 Å². The average Bonchev–Trinajstić information content (AvgIpc) is 3.72. The van der Waals surface area contributed by atoms with Gasteiger partial charge in [-0.2, -0.15) is 0 Å². The van der Waals surface area contributed by atoms with E-state index in [1.807, 2.05) is 18.3 Å². The Kier molecular flexibility index (Phi) is 6.46. The fourth-order valence-electron chi connectivity index (χ4n) is 7.48. The van der Waals surface area contributed by atoms with E-state index in [0.717, 1.165) is 56.2 Å². The highest BCUT2D eigenvalue weighted by Crippen LogP contribution is 2.41. The molecule has 0 aliphatic heterocycles. The van der Waals surface area contributed by atoms with Crippen LogP contribution < -0.4 is 0 Å². The van der Waals surface area contributed by atoms with Gasteiger partial charge >= 0.3 is 0 Å². The summed E-state index contributed by atoms with van der Waals surface area (Å²) >= 11 is 0. The standard InChI is InChI=1S/C46H30N4/c1-4-14-31(15-5-1)40-28-34(29-41(48-40)32-16-6-2-7-17-32)33-24-27-44(47-30-33)50-43-23-13-11-21-37(43)39-26-25-38-36-20-10-12-22-42(36)49(45(38)46(39)50)35-18-8-3-9-19-35/h1-30H. The third-order valence-corrected chi connectivity index (χ3v) is 9.76. The Morgan fingerprint density at radius 1 is 0.360 bits per heavy atom. The number of pyridine rings is 2. The summed E-state index contributed by atoms with van der Waals surface area (Å²) in [7, 11) is 0. The van der Waals surface area contributed by atoms with Gasteiger partial charge in [0.25, 0.3) is 0 Å². The van der Waals surface area contributed by atoms with Gasteiger partial charge in [0.2, 0.25) is 0 Å². The predicted octanol–water partition coefficient (Wildman–Crippen LogP) is 11.7. The second-order valence-electron chi connectivity index (χ2n) is 12.7. The molecule has 4 heterocycles. The molecule has 0 saturated carbocycles. The van der Waals surface area contributed by atoms with Crippen LogP contribution in [0, 0.1) is 0 Å². The van der Waals surface area contributed by atoms with Crippen molar-refractivity contribution < 1.29 is 0 Å². The molecular weight excluding hydrogens is 609 g/mol. The first-order chi connectivity index (χ1) is 24.8. The van der Waals surface area contributed by atoms with Crippen LogP contribution in [0.25, 0.3) is 88.8 Å². The molecule has 0 atom stereocenters. The number of rotatable bonds is 5. The van der Waals surface area contributed by atoms with E-state index >= 15 is 0 Å². The van der Waals surface area contributed by atoms with Crippen LogP contribution in [0.1, 0.15) is 0 Å². The molecule has 10 aromatic rings. The average molecular weight is 639 g/mol. The van der Waals surface area contributed by atoms with Crippen LogP contribution in [0.2, 0.25) is 0 Å². The van der Waals surface area contributed by atoms with Crippen molar-refractivity contribution in [2.24, 2.45) is 0 Å². The van der Waals surface area contributed by atoms with E-state index in [1.54, 1.807) is 0 Å². The number of aromatic nitrogens is 4. The molecule has 0 N–H and O–H groups in total. The number of fused-ring (bicyclic) bond motifs is 7. The van der Waals surface area contributed by atoms with Gasteiger partial charge in [0.1, 0.15) is 5.82 Å². The summed E-state index contributed by atoms with van der Waals surface area (Å²) in [5.41, 5.74) is 11.9. The molecule has 0 aliphatic rings. The molecule has 10 rings (SSSR count). The van der Waals surface area contributed by atoms with Crippen molar-refractivity contribution in [3.8, 4) is 45.1 Å². The number of para-hydroxylation sites is 3. The van der Waals surface area contributed by atoms with Crippen LogP contribution in [0.5, 0.6) is 0 Å². The van der Waals surface area contributed by atoms with Gasteiger partial charge in [0.05, 0.1) is 33.5 Å². The predicted molar refractivity (Wildman–Crippen MR) is 207 cm³/mol. The van der Waals surface area contributed by atoms with Crippen molar-refractivity contribution in [1.82, 2.24) is 19.1 Å². The summed E-state index contributed by atoms with van der Waals surface area (Å²) in [5, 5.41) is 4.85. The van der Waals surface area contributed by atoms with Gasteiger partial charge in [-0.05, 0) is 54.1 Å². The number of hydrogen-bond donors (Lipinski definition) is 0. The smallest absolute Gasteiger partial charge is 0.137 e. The van der Waals surface area contributed by atoms with Crippen LogP contribution in [0.15, 0.2) is 182 Å². The van der Waals surface area contributed by atoms with Crippen molar-refractivity contribution in [3.05, 3.63) is 182 Å². The molecule has 4 nitrogen and oxygen atoms in total. The highest BCUT2D eigenvalue weighted by atomic mass is 15.1. The maximum Gasteiger partial charge on any atom is 0.137 e. The molecule has 4 heteroatoms. The van der Waals surface area contributed by atoms with Crippen molar-refractivity contribution in [2.75, 3.05) is 0 Å². The lowest BCUT2D eigenvalue weighted by molar-refractivity contribution is 1.08. The Labute approximate surface area is 289 Å². The van der Waals surface area contributed by atoms with E-state index in [2.05, 4.69) is 173 Å². The minimum atomic E-state index is 0.873. The molecular formula is C46H30N4. The molecule has 0 amide bonds. The summed E-state index contributed by atoms with van der Waals surface area (Å²) in [6, 6.07) is 62.0. The normalized spacial score (nSPS) is 11.6. The Morgan fingerprint density at radius 3 is 1.42 bits per heavy atom. The van der Waals surface area contributed by atoms with Crippen LogP contribution in [0.3, 0.4) is 0 Å². The molecule has 0 unspecified atom stereocenters. The van der Waals surface area contributed by atoms with E-state index in [1.165, 1.54) is 32.6 Å². The van der Waals surface area contributed by atoms with Crippen LogP contribution >= 0.6 is 0 Å². The monoisotopic (exact) mass is 638 g/mol. The van der Waals surface area contributed by atoms with E-state index in [4.69, 9.17) is 9.97 Å². The minimum absolute atomic E-state index is 0.873. The largest absolute Gasteiger partial charge is 0.307 e. The summed E-state index contributed by atoms with van der Waals surface area (Å²) < 4.78 is 4.75. The van der Waals surface area contributed by atoms with Gasteiger partial charge < -0.3 is 4.57 Å².